The van der Waals surface area contributed by atoms with Crippen molar-refractivity contribution in [2.24, 2.45) is 0 Å². The lowest BCUT2D eigenvalue weighted by Crippen LogP contribution is -2.23. The minimum atomic E-state index is -0.105. The molecule has 0 unspecified atom stereocenters. The normalized spacial score (nSPS) is 10.5. The molecule has 0 saturated carbocycles. The Balaban J connectivity index is 2.19. The van der Waals surface area contributed by atoms with Crippen molar-refractivity contribution in [3.8, 4) is 22.6 Å². The second-order valence-electron chi connectivity index (χ2n) is 5.89. The topological polar surface area (TPSA) is 46.1 Å². The molecule has 0 bridgehead atoms. The Morgan fingerprint density at radius 3 is 2.33 bits per heavy atom. The van der Waals surface area contributed by atoms with Gasteiger partial charge in [0, 0.05) is 31.4 Å². The molecule has 0 aliphatic heterocycles. The number of hydrogen-bond donors (Lipinski definition) is 0. The second-order valence-corrected chi connectivity index (χ2v) is 5.89. The van der Waals surface area contributed by atoms with Crippen molar-refractivity contribution in [1.29, 1.82) is 0 Å². The molecular weight excluding hydrogens is 298 g/mol. The number of carbonyl (C=O) groups is 1. The van der Waals surface area contributed by atoms with Gasteiger partial charge in [0.25, 0.3) is 5.91 Å². The van der Waals surface area contributed by atoms with Crippen LogP contribution < -0.4 is 0 Å². The molecule has 120 valence electrons. The van der Waals surface area contributed by atoms with Crippen LogP contribution in [-0.4, -0.2) is 34.9 Å². The van der Waals surface area contributed by atoms with E-state index in [-0.39, 0.29) is 5.91 Å². The maximum atomic E-state index is 12.5. The quantitative estimate of drug-likeness (QED) is 0.738. The fourth-order valence-corrected chi connectivity index (χ4v) is 2.52. The van der Waals surface area contributed by atoms with E-state index in [0.717, 1.165) is 16.7 Å². The van der Waals surface area contributed by atoms with E-state index in [1.807, 2.05) is 61.5 Å². The molecule has 24 heavy (non-hydrogen) atoms. The van der Waals surface area contributed by atoms with Crippen molar-refractivity contribution in [1.82, 2.24) is 14.9 Å². The van der Waals surface area contributed by atoms with Gasteiger partial charge >= 0.3 is 0 Å². The summed E-state index contributed by atoms with van der Waals surface area (Å²) in [5, 5.41) is 0. The van der Waals surface area contributed by atoms with Gasteiger partial charge in [0.05, 0.1) is 11.3 Å². The Bertz CT molecular complexity index is 873. The van der Waals surface area contributed by atoms with Crippen LogP contribution in [0.25, 0.3) is 22.6 Å². The number of aromatic nitrogens is 2. The Labute approximate surface area is 141 Å². The van der Waals surface area contributed by atoms with Crippen LogP contribution in [0.2, 0.25) is 0 Å². The number of rotatable bonds is 3. The third-order valence-corrected chi connectivity index (χ3v) is 3.75. The van der Waals surface area contributed by atoms with Crippen LogP contribution in [-0.2, 0) is 0 Å². The summed E-state index contributed by atoms with van der Waals surface area (Å²) in [6, 6.07) is 17.8. The second kappa shape index (κ2) is 6.62. The van der Waals surface area contributed by atoms with Gasteiger partial charge in [0.15, 0.2) is 5.82 Å². The highest BCUT2D eigenvalue weighted by molar-refractivity contribution is 5.99. The van der Waals surface area contributed by atoms with E-state index >= 15 is 0 Å². The van der Waals surface area contributed by atoms with Gasteiger partial charge in [-0.15, -0.1) is 0 Å². The van der Waals surface area contributed by atoms with Gasteiger partial charge in [-0.25, -0.2) is 9.97 Å². The summed E-state index contributed by atoms with van der Waals surface area (Å²) in [5.74, 6) is 0.508. The van der Waals surface area contributed by atoms with Crippen LogP contribution in [0.15, 0.2) is 60.8 Å². The maximum absolute atomic E-state index is 12.5. The maximum Gasteiger partial charge on any atom is 0.257 e. The van der Waals surface area contributed by atoms with E-state index in [9.17, 15) is 4.79 Å². The zero-order valence-corrected chi connectivity index (χ0v) is 14.0. The first-order chi connectivity index (χ1) is 11.6. The molecule has 1 amide bonds. The van der Waals surface area contributed by atoms with Crippen LogP contribution in [0, 0.1) is 6.92 Å². The van der Waals surface area contributed by atoms with Gasteiger partial charge in [-0.2, -0.15) is 0 Å². The van der Waals surface area contributed by atoms with Crippen molar-refractivity contribution in [3.63, 3.8) is 0 Å². The predicted molar refractivity (Wildman–Crippen MR) is 95.7 cm³/mol. The lowest BCUT2D eigenvalue weighted by molar-refractivity contribution is 0.0827. The first-order valence-electron chi connectivity index (χ1n) is 7.77. The van der Waals surface area contributed by atoms with Crippen molar-refractivity contribution in [2.75, 3.05) is 14.1 Å². The van der Waals surface area contributed by atoms with Gasteiger partial charge in [-0.1, -0.05) is 54.1 Å². The molecule has 0 spiro atoms. The van der Waals surface area contributed by atoms with E-state index in [4.69, 9.17) is 4.98 Å². The Morgan fingerprint density at radius 2 is 1.67 bits per heavy atom. The summed E-state index contributed by atoms with van der Waals surface area (Å²) in [5.41, 5.74) is 4.13. The molecule has 0 fully saturated rings. The summed E-state index contributed by atoms with van der Waals surface area (Å²) in [7, 11) is 3.46. The van der Waals surface area contributed by atoms with Crippen LogP contribution in [0.5, 0.6) is 0 Å². The molecule has 0 aliphatic rings. The van der Waals surface area contributed by atoms with E-state index in [0.29, 0.717) is 17.1 Å². The highest BCUT2D eigenvalue weighted by atomic mass is 16.2. The standard InChI is InChI=1S/C20H19N3O/c1-14-8-7-11-16(12-14)18-17(20(24)23(2)3)13-21-19(22-18)15-9-5-4-6-10-15/h4-13H,1-3H3. The molecule has 0 aliphatic carbocycles. The van der Waals surface area contributed by atoms with Gasteiger partial charge in [0.2, 0.25) is 0 Å². The minimum absolute atomic E-state index is 0.105. The molecule has 1 aromatic heterocycles. The first kappa shape index (κ1) is 15.9. The molecule has 0 radical (unpaired) electrons. The summed E-state index contributed by atoms with van der Waals surface area (Å²) in [6.07, 6.45) is 1.62. The van der Waals surface area contributed by atoms with Gasteiger partial charge in [0.1, 0.15) is 0 Å². The molecule has 0 saturated heterocycles. The van der Waals surface area contributed by atoms with Crippen LogP contribution in [0.1, 0.15) is 15.9 Å². The third kappa shape index (κ3) is 3.18. The molecule has 0 atom stereocenters. The molecule has 3 aromatic rings. The number of carbonyl (C=O) groups excluding carboxylic acids is 1. The highest BCUT2D eigenvalue weighted by Gasteiger charge is 2.18. The van der Waals surface area contributed by atoms with Gasteiger partial charge in [-0.05, 0) is 13.0 Å². The monoisotopic (exact) mass is 317 g/mol. The average Bonchev–Trinajstić information content (AvgIpc) is 2.61. The molecule has 4 nitrogen and oxygen atoms in total. The molecule has 2 aromatic carbocycles. The van der Waals surface area contributed by atoms with E-state index in [1.54, 1.807) is 25.2 Å². The van der Waals surface area contributed by atoms with E-state index in [1.165, 1.54) is 0 Å². The molecule has 4 heteroatoms. The summed E-state index contributed by atoms with van der Waals surface area (Å²) >= 11 is 0. The van der Waals surface area contributed by atoms with Crippen molar-refractivity contribution >= 4 is 5.91 Å². The van der Waals surface area contributed by atoms with Crippen LogP contribution >= 0.6 is 0 Å². The third-order valence-electron chi connectivity index (χ3n) is 3.75. The van der Waals surface area contributed by atoms with E-state index in [2.05, 4.69) is 4.98 Å². The summed E-state index contributed by atoms with van der Waals surface area (Å²) < 4.78 is 0. The van der Waals surface area contributed by atoms with Crippen molar-refractivity contribution < 1.29 is 4.79 Å². The number of nitrogens with zero attached hydrogens (tertiary/aromatic N) is 3. The Kier molecular flexibility index (Phi) is 4.38. The Morgan fingerprint density at radius 1 is 0.958 bits per heavy atom. The van der Waals surface area contributed by atoms with Crippen LogP contribution in [0.4, 0.5) is 0 Å². The largest absolute Gasteiger partial charge is 0.345 e. The summed E-state index contributed by atoms with van der Waals surface area (Å²) in [4.78, 5) is 23.2. The minimum Gasteiger partial charge on any atom is -0.345 e. The van der Waals surface area contributed by atoms with E-state index < -0.39 is 0 Å². The average molecular weight is 317 g/mol. The number of amides is 1. The lowest BCUT2D eigenvalue weighted by Gasteiger charge is -2.14. The number of benzene rings is 2. The van der Waals surface area contributed by atoms with Crippen LogP contribution in [0.3, 0.4) is 0 Å². The SMILES string of the molecule is Cc1cccc(-c2nc(-c3ccccc3)ncc2C(=O)N(C)C)c1. The lowest BCUT2D eigenvalue weighted by atomic mass is 10.0. The fraction of sp³-hybridized carbons (Fsp3) is 0.150. The molecule has 3 rings (SSSR count). The number of aryl methyl sites for hydroxylation is 1. The first-order valence-corrected chi connectivity index (χ1v) is 7.77. The van der Waals surface area contributed by atoms with Crippen molar-refractivity contribution in [3.05, 3.63) is 71.9 Å². The van der Waals surface area contributed by atoms with Gasteiger partial charge < -0.3 is 4.90 Å². The zero-order chi connectivity index (χ0) is 17.1. The smallest absolute Gasteiger partial charge is 0.257 e. The molecular formula is C20H19N3O. The highest BCUT2D eigenvalue weighted by Crippen LogP contribution is 2.26. The fourth-order valence-electron chi connectivity index (χ4n) is 2.52. The number of hydrogen-bond acceptors (Lipinski definition) is 3. The molecule has 0 N–H and O–H groups in total. The molecule has 1 heterocycles. The summed E-state index contributed by atoms with van der Waals surface area (Å²) in [6.45, 7) is 2.02. The Hall–Kier alpha value is -3.01. The predicted octanol–water partition coefficient (Wildman–Crippen LogP) is 3.82. The van der Waals surface area contributed by atoms with Gasteiger partial charge in [-0.3, -0.25) is 4.79 Å². The zero-order valence-electron chi connectivity index (χ0n) is 14.0. The van der Waals surface area contributed by atoms with Crippen molar-refractivity contribution in [2.45, 2.75) is 6.92 Å².